The van der Waals surface area contributed by atoms with Gasteiger partial charge in [-0.3, -0.25) is 4.90 Å². The van der Waals surface area contributed by atoms with Crippen LogP contribution in [0.2, 0.25) is 0 Å². The van der Waals surface area contributed by atoms with Crippen LogP contribution in [0.1, 0.15) is 29.9 Å². The standard InChI is InChI=1S/C11H17NO/c1-9-7-11(10(2)13-9)8-12-5-3-4-6-12/h7H,3-6,8H2,1-2H3. The summed E-state index contributed by atoms with van der Waals surface area (Å²) >= 11 is 0. The van der Waals surface area contributed by atoms with E-state index < -0.39 is 0 Å². The molecule has 0 atom stereocenters. The zero-order valence-electron chi connectivity index (χ0n) is 8.47. The van der Waals surface area contributed by atoms with Crippen molar-refractivity contribution in [2.45, 2.75) is 33.2 Å². The van der Waals surface area contributed by atoms with Gasteiger partial charge in [0.2, 0.25) is 0 Å². The summed E-state index contributed by atoms with van der Waals surface area (Å²) in [6.45, 7) is 7.65. The number of aryl methyl sites for hydroxylation is 2. The molecule has 2 nitrogen and oxygen atoms in total. The minimum absolute atomic E-state index is 1.03. The highest BCUT2D eigenvalue weighted by Crippen LogP contribution is 2.18. The molecule has 1 saturated heterocycles. The Balaban J connectivity index is 2.03. The highest BCUT2D eigenvalue weighted by molar-refractivity contribution is 5.19. The zero-order valence-corrected chi connectivity index (χ0v) is 8.47. The number of nitrogens with zero attached hydrogens (tertiary/aromatic N) is 1. The van der Waals surface area contributed by atoms with Crippen LogP contribution in [-0.4, -0.2) is 18.0 Å². The molecule has 1 fully saturated rings. The predicted octanol–water partition coefficient (Wildman–Crippen LogP) is 2.49. The summed E-state index contributed by atoms with van der Waals surface area (Å²) in [5.74, 6) is 2.12. The molecule has 0 N–H and O–H groups in total. The normalized spacial score (nSPS) is 18.3. The van der Waals surface area contributed by atoms with Crippen molar-refractivity contribution in [3.05, 3.63) is 23.2 Å². The van der Waals surface area contributed by atoms with E-state index in [1.165, 1.54) is 31.5 Å². The van der Waals surface area contributed by atoms with Gasteiger partial charge in [-0.15, -0.1) is 0 Å². The van der Waals surface area contributed by atoms with Gasteiger partial charge in [-0.2, -0.15) is 0 Å². The molecule has 0 aliphatic carbocycles. The van der Waals surface area contributed by atoms with Crippen LogP contribution < -0.4 is 0 Å². The van der Waals surface area contributed by atoms with E-state index in [-0.39, 0.29) is 0 Å². The van der Waals surface area contributed by atoms with E-state index >= 15 is 0 Å². The molecule has 1 aliphatic rings. The molecule has 2 rings (SSSR count). The summed E-state index contributed by atoms with van der Waals surface area (Å²) in [7, 11) is 0. The second kappa shape index (κ2) is 3.54. The highest BCUT2D eigenvalue weighted by atomic mass is 16.3. The lowest BCUT2D eigenvalue weighted by Crippen LogP contribution is -2.18. The first-order valence-electron chi connectivity index (χ1n) is 5.04. The molecule has 2 heteroatoms. The number of furan rings is 1. The summed E-state index contributed by atoms with van der Waals surface area (Å²) < 4.78 is 5.50. The third-order valence-electron chi connectivity index (χ3n) is 2.74. The van der Waals surface area contributed by atoms with E-state index in [2.05, 4.69) is 17.9 Å². The van der Waals surface area contributed by atoms with Gasteiger partial charge in [0.1, 0.15) is 11.5 Å². The summed E-state index contributed by atoms with van der Waals surface area (Å²) in [5, 5.41) is 0. The molecule has 72 valence electrons. The Morgan fingerprint density at radius 2 is 2.00 bits per heavy atom. The SMILES string of the molecule is Cc1cc(CN2CCCC2)c(C)o1. The molecule has 0 spiro atoms. The van der Waals surface area contributed by atoms with E-state index in [1.54, 1.807) is 0 Å². The van der Waals surface area contributed by atoms with E-state index in [1.807, 2.05) is 6.92 Å². The second-order valence-corrected chi connectivity index (χ2v) is 3.92. The summed E-state index contributed by atoms with van der Waals surface area (Å²) in [6.07, 6.45) is 2.71. The van der Waals surface area contributed by atoms with Crippen LogP contribution in [0.4, 0.5) is 0 Å². The van der Waals surface area contributed by atoms with Gasteiger partial charge in [-0.1, -0.05) is 0 Å². The van der Waals surface area contributed by atoms with E-state index in [0.29, 0.717) is 0 Å². The lowest BCUT2D eigenvalue weighted by atomic mass is 10.2. The smallest absolute Gasteiger partial charge is 0.105 e. The number of hydrogen-bond donors (Lipinski definition) is 0. The minimum Gasteiger partial charge on any atom is -0.466 e. The predicted molar refractivity (Wildman–Crippen MR) is 52.7 cm³/mol. The zero-order chi connectivity index (χ0) is 9.26. The van der Waals surface area contributed by atoms with Crippen molar-refractivity contribution in [1.82, 2.24) is 4.90 Å². The van der Waals surface area contributed by atoms with Crippen LogP contribution in [0.5, 0.6) is 0 Å². The largest absolute Gasteiger partial charge is 0.466 e. The average Bonchev–Trinajstić information content (AvgIpc) is 2.63. The van der Waals surface area contributed by atoms with Gasteiger partial charge in [0.15, 0.2) is 0 Å². The van der Waals surface area contributed by atoms with Crippen molar-refractivity contribution >= 4 is 0 Å². The van der Waals surface area contributed by atoms with Crippen molar-refractivity contribution in [3.63, 3.8) is 0 Å². The van der Waals surface area contributed by atoms with Crippen LogP contribution in [-0.2, 0) is 6.54 Å². The molecule has 1 aromatic rings. The highest BCUT2D eigenvalue weighted by Gasteiger charge is 2.14. The molecule has 0 radical (unpaired) electrons. The summed E-state index contributed by atoms with van der Waals surface area (Å²) in [4.78, 5) is 2.50. The first-order chi connectivity index (χ1) is 6.25. The Hall–Kier alpha value is -0.760. The van der Waals surface area contributed by atoms with E-state index in [0.717, 1.165) is 18.1 Å². The number of rotatable bonds is 2. The molecule has 1 aromatic heterocycles. The van der Waals surface area contributed by atoms with Gasteiger partial charge in [0.25, 0.3) is 0 Å². The van der Waals surface area contributed by atoms with Gasteiger partial charge in [-0.25, -0.2) is 0 Å². The monoisotopic (exact) mass is 179 g/mol. The van der Waals surface area contributed by atoms with Gasteiger partial charge in [0, 0.05) is 12.1 Å². The van der Waals surface area contributed by atoms with Crippen molar-refractivity contribution < 1.29 is 4.42 Å². The van der Waals surface area contributed by atoms with E-state index in [4.69, 9.17) is 4.42 Å². The lowest BCUT2D eigenvalue weighted by molar-refractivity contribution is 0.328. The topological polar surface area (TPSA) is 16.4 Å². The van der Waals surface area contributed by atoms with Crippen molar-refractivity contribution in [2.24, 2.45) is 0 Å². The fourth-order valence-corrected chi connectivity index (χ4v) is 2.02. The second-order valence-electron chi connectivity index (χ2n) is 3.92. The lowest BCUT2D eigenvalue weighted by Gasteiger charge is -2.13. The number of hydrogen-bond acceptors (Lipinski definition) is 2. The van der Waals surface area contributed by atoms with Crippen molar-refractivity contribution in [1.29, 1.82) is 0 Å². The van der Waals surface area contributed by atoms with Gasteiger partial charge >= 0.3 is 0 Å². The fourth-order valence-electron chi connectivity index (χ4n) is 2.02. The third kappa shape index (κ3) is 1.94. The molecule has 0 bridgehead atoms. The minimum atomic E-state index is 1.03. The Kier molecular flexibility index (Phi) is 2.40. The third-order valence-corrected chi connectivity index (χ3v) is 2.74. The van der Waals surface area contributed by atoms with Crippen LogP contribution in [0.15, 0.2) is 10.5 Å². The Morgan fingerprint density at radius 1 is 1.31 bits per heavy atom. The molecule has 2 heterocycles. The maximum Gasteiger partial charge on any atom is 0.105 e. The first-order valence-corrected chi connectivity index (χ1v) is 5.04. The van der Waals surface area contributed by atoms with Crippen LogP contribution in [0.3, 0.4) is 0 Å². The Labute approximate surface area is 79.5 Å². The molecule has 13 heavy (non-hydrogen) atoms. The van der Waals surface area contributed by atoms with Crippen molar-refractivity contribution in [3.8, 4) is 0 Å². The Bertz CT molecular complexity index is 284. The van der Waals surface area contributed by atoms with Gasteiger partial charge < -0.3 is 4.42 Å². The fraction of sp³-hybridized carbons (Fsp3) is 0.636. The van der Waals surface area contributed by atoms with Crippen LogP contribution >= 0.6 is 0 Å². The van der Waals surface area contributed by atoms with Crippen LogP contribution in [0, 0.1) is 13.8 Å². The molecule has 0 amide bonds. The quantitative estimate of drug-likeness (QED) is 0.693. The van der Waals surface area contributed by atoms with Gasteiger partial charge in [0.05, 0.1) is 0 Å². The molecule has 1 aliphatic heterocycles. The first kappa shape index (κ1) is 8.82. The average molecular weight is 179 g/mol. The Morgan fingerprint density at radius 3 is 2.54 bits per heavy atom. The molecule has 0 aromatic carbocycles. The van der Waals surface area contributed by atoms with Crippen LogP contribution in [0.25, 0.3) is 0 Å². The summed E-state index contributed by atoms with van der Waals surface area (Å²) in [6, 6.07) is 2.16. The van der Waals surface area contributed by atoms with Crippen molar-refractivity contribution in [2.75, 3.05) is 13.1 Å². The molecular formula is C11H17NO. The number of likely N-dealkylation sites (tertiary alicyclic amines) is 1. The summed E-state index contributed by atoms with van der Waals surface area (Å²) in [5.41, 5.74) is 1.36. The van der Waals surface area contributed by atoms with Gasteiger partial charge in [-0.05, 0) is 45.8 Å². The maximum absolute atomic E-state index is 5.50. The van der Waals surface area contributed by atoms with E-state index in [9.17, 15) is 0 Å². The molecular weight excluding hydrogens is 162 g/mol. The molecule has 0 saturated carbocycles. The molecule has 0 unspecified atom stereocenters. The maximum atomic E-state index is 5.50.